The number of ether oxygens (including phenoxy) is 1. The average molecular weight is 445 g/mol. The number of methoxy groups -OCH3 is 1. The highest BCUT2D eigenvalue weighted by Gasteiger charge is 2.12. The lowest BCUT2D eigenvalue weighted by Crippen LogP contribution is -2.17. The third kappa shape index (κ3) is 6.29. The molecule has 0 atom stereocenters. The maximum absolute atomic E-state index is 12.4. The van der Waals surface area contributed by atoms with Crippen LogP contribution in [0.15, 0.2) is 54.9 Å². The van der Waals surface area contributed by atoms with E-state index in [1.165, 1.54) is 19.5 Å². The fraction of sp³-hybridized carbons (Fsp3) is 0.167. The number of nitrogens with zero attached hydrogens (tertiary/aromatic N) is 2. The highest BCUT2D eigenvalue weighted by atomic mass is 16.5. The standard InChI is InChI=1S/C24H23N5O4/c1-3-16-8-7-9-17(12-16)27-24-18-13-20(21(33-2)14-19(18)25-15-26-24)28-22(30)10-5-4-6-11-23(31)29-32/h1,5,7-10,12-15,32H,4,6,11H2,2H3,(H,28,30)(H,29,31)(H,25,26,27)/b10-5+. The fourth-order valence-corrected chi connectivity index (χ4v) is 3.07. The lowest BCUT2D eigenvalue weighted by molar-refractivity contribution is -0.129. The Kier molecular flexibility index (Phi) is 7.94. The first-order valence-electron chi connectivity index (χ1n) is 10.1. The monoisotopic (exact) mass is 445 g/mol. The zero-order valence-corrected chi connectivity index (χ0v) is 18.0. The van der Waals surface area contributed by atoms with Crippen molar-refractivity contribution < 1.29 is 19.5 Å². The molecule has 1 heterocycles. The summed E-state index contributed by atoms with van der Waals surface area (Å²) in [7, 11) is 1.50. The third-order valence-electron chi connectivity index (χ3n) is 4.67. The van der Waals surface area contributed by atoms with Crippen LogP contribution in [0.3, 0.4) is 0 Å². The summed E-state index contributed by atoms with van der Waals surface area (Å²) in [5, 5.41) is 15.2. The lowest BCUT2D eigenvalue weighted by atomic mass is 10.1. The molecule has 3 aromatic rings. The van der Waals surface area contributed by atoms with Crippen LogP contribution in [0.5, 0.6) is 5.75 Å². The number of benzene rings is 2. The number of anilines is 3. The summed E-state index contributed by atoms with van der Waals surface area (Å²) in [6.45, 7) is 0. The first-order chi connectivity index (χ1) is 16.0. The van der Waals surface area contributed by atoms with E-state index in [1.807, 2.05) is 24.3 Å². The fourth-order valence-electron chi connectivity index (χ4n) is 3.07. The molecule has 4 N–H and O–H groups in total. The maximum Gasteiger partial charge on any atom is 0.248 e. The zero-order valence-electron chi connectivity index (χ0n) is 18.0. The summed E-state index contributed by atoms with van der Waals surface area (Å²) in [5.74, 6) is 2.77. The molecule has 33 heavy (non-hydrogen) atoms. The molecule has 0 bridgehead atoms. The highest BCUT2D eigenvalue weighted by Crippen LogP contribution is 2.33. The van der Waals surface area contributed by atoms with E-state index in [9.17, 15) is 9.59 Å². The number of terminal acetylenes is 1. The smallest absolute Gasteiger partial charge is 0.248 e. The van der Waals surface area contributed by atoms with Crippen molar-refractivity contribution in [3.05, 3.63) is 60.4 Å². The van der Waals surface area contributed by atoms with Gasteiger partial charge in [-0.1, -0.05) is 18.1 Å². The molecule has 9 heteroatoms. The second-order valence-electron chi connectivity index (χ2n) is 6.96. The number of unbranched alkanes of at least 4 members (excludes halogenated alkanes) is 1. The van der Waals surface area contributed by atoms with Gasteiger partial charge in [0.2, 0.25) is 11.8 Å². The van der Waals surface area contributed by atoms with Crippen LogP contribution in [0.25, 0.3) is 10.9 Å². The number of hydrogen-bond donors (Lipinski definition) is 4. The van der Waals surface area contributed by atoms with Crippen LogP contribution in [0.1, 0.15) is 24.8 Å². The molecule has 0 saturated heterocycles. The van der Waals surface area contributed by atoms with Gasteiger partial charge in [-0.15, -0.1) is 6.42 Å². The SMILES string of the molecule is C#Cc1cccc(Nc2ncnc3cc(OC)c(NC(=O)/C=C/CCCC(=O)NO)cc23)c1. The van der Waals surface area contributed by atoms with Gasteiger partial charge < -0.3 is 15.4 Å². The van der Waals surface area contributed by atoms with Crippen LogP contribution < -0.4 is 20.9 Å². The second-order valence-corrected chi connectivity index (χ2v) is 6.96. The van der Waals surface area contributed by atoms with Crippen molar-refractivity contribution in [1.82, 2.24) is 15.4 Å². The van der Waals surface area contributed by atoms with Gasteiger partial charge in [0.05, 0.1) is 18.3 Å². The van der Waals surface area contributed by atoms with E-state index in [2.05, 4.69) is 26.5 Å². The van der Waals surface area contributed by atoms with E-state index in [0.29, 0.717) is 41.0 Å². The minimum absolute atomic E-state index is 0.168. The number of hydroxylamine groups is 1. The van der Waals surface area contributed by atoms with E-state index >= 15 is 0 Å². The van der Waals surface area contributed by atoms with Gasteiger partial charge in [0, 0.05) is 29.1 Å². The number of carbonyl (C=O) groups is 2. The normalized spacial score (nSPS) is 10.6. The van der Waals surface area contributed by atoms with Crippen molar-refractivity contribution >= 4 is 39.9 Å². The predicted molar refractivity (Wildman–Crippen MR) is 125 cm³/mol. The molecule has 0 aliphatic heterocycles. The summed E-state index contributed by atoms with van der Waals surface area (Å²) in [6.07, 6.45) is 11.1. The average Bonchev–Trinajstić information content (AvgIpc) is 2.83. The summed E-state index contributed by atoms with van der Waals surface area (Å²) < 4.78 is 5.41. The molecule has 0 radical (unpaired) electrons. The Hall–Kier alpha value is -4.42. The highest BCUT2D eigenvalue weighted by molar-refractivity contribution is 6.03. The Morgan fingerprint density at radius 2 is 2.09 bits per heavy atom. The number of allylic oxidation sites excluding steroid dienone is 1. The molecule has 0 spiro atoms. The van der Waals surface area contributed by atoms with E-state index in [4.69, 9.17) is 16.4 Å². The van der Waals surface area contributed by atoms with Gasteiger partial charge in [-0.25, -0.2) is 15.4 Å². The molecule has 0 unspecified atom stereocenters. The van der Waals surface area contributed by atoms with Crippen LogP contribution >= 0.6 is 0 Å². The number of aromatic nitrogens is 2. The number of hydrogen-bond acceptors (Lipinski definition) is 7. The number of carbonyl (C=O) groups excluding carboxylic acids is 2. The number of nitrogens with one attached hydrogen (secondary N) is 3. The largest absolute Gasteiger partial charge is 0.494 e. The molecule has 2 aromatic carbocycles. The third-order valence-corrected chi connectivity index (χ3v) is 4.67. The van der Waals surface area contributed by atoms with Crippen LogP contribution in [0.4, 0.5) is 17.2 Å². The van der Waals surface area contributed by atoms with Gasteiger partial charge in [0.25, 0.3) is 0 Å². The van der Waals surface area contributed by atoms with Gasteiger partial charge >= 0.3 is 0 Å². The molecule has 1 aromatic heterocycles. The minimum Gasteiger partial charge on any atom is -0.494 e. The Balaban J connectivity index is 1.80. The molecule has 3 rings (SSSR count). The quantitative estimate of drug-likeness (QED) is 0.131. The summed E-state index contributed by atoms with van der Waals surface area (Å²) in [4.78, 5) is 32.0. The van der Waals surface area contributed by atoms with Crippen molar-refractivity contribution in [1.29, 1.82) is 0 Å². The first-order valence-corrected chi connectivity index (χ1v) is 10.1. The number of amides is 2. The van der Waals surface area contributed by atoms with Crippen LogP contribution in [-0.2, 0) is 9.59 Å². The molecule has 0 fully saturated rings. The molecule has 0 aliphatic carbocycles. The summed E-state index contributed by atoms with van der Waals surface area (Å²) >= 11 is 0. The topological polar surface area (TPSA) is 125 Å². The number of fused-ring (bicyclic) bond motifs is 1. The Labute approximate surface area is 190 Å². The predicted octanol–water partition coefficient (Wildman–Crippen LogP) is 3.53. The van der Waals surface area contributed by atoms with E-state index < -0.39 is 5.91 Å². The van der Waals surface area contributed by atoms with E-state index in [-0.39, 0.29) is 12.3 Å². The van der Waals surface area contributed by atoms with E-state index in [1.54, 1.807) is 23.7 Å². The molecular formula is C24H23N5O4. The molecular weight excluding hydrogens is 422 g/mol. The van der Waals surface area contributed by atoms with Crippen molar-refractivity contribution in [2.45, 2.75) is 19.3 Å². The second kappa shape index (κ2) is 11.3. The van der Waals surface area contributed by atoms with Gasteiger partial charge in [0.15, 0.2) is 0 Å². The van der Waals surface area contributed by atoms with Gasteiger partial charge in [0.1, 0.15) is 17.9 Å². The Morgan fingerprint density at radius 1 is 1.24 bits per heavy atom. The first kappa shape index (κ1) is 23.2. The summed E-state index contributed by atoms with van der Waals surface area (Å²) in [5.41, 5.74) is 4.16. The van der Waals surface area contributed by atoms with Crippen LogP contribution in [0, 0.1) is 12.3 Å². The number of rotatable bonds is 9. The molecule has 0 saturated carbocycles. The molecule has 0 aliphatic rings. The van der Waals surface area contributed by atoms with Crippen molar-refractivity contribution in [2.24, 2.45) is 0 Å². The van der Waals surface area contributed by atoms with Gasteiger partial charge in [-0.2, -0.15) is 0 Å². The Morgan fingerprint density at radius 3 is 2.85 bits per heavy atom. The zero-order chi connectivity index (χ0) is 23.6. The van der Waals surface area contributed by atoms with Gasteiger partial charge in [-0.3, -0.25) is 14.8 Å². The minimum atomic E-state index is -0.466. The Bertz CT molecular complexity index is 1230. The van der Waals surface area contributed by atoms with Crippen LogP contribution in [-0.4, -0.2) is 34.1 Å². The van der Waals surface area contributed by atoms with Crippen LogP contribution in [0.2, 0.25) is 0 Å². The molecule has 9 nitrogen and oxygen atoms in total. The van der Waals surface area contributed by atoms with E-state index in [0.717, 1.165) is 11.3 Å². The summed E-state index contributed by atoms with van der Waals surface area (Å²) in [6, 6.07) is 10.8. The molecule has 168 valence electrons. The van der Waals surface area contributed by atoms with Crippen molar-refractivity contribution in [3.63, 3.8) is 0 Å². The van der Waals surface area contributed by atoms with Gasteiger partial charge in [-0.05, 0) is 43.2 Å². The van der Waals surface area contributed by atoms with Crippen molar-refractivity contribution in [3.8, 4) is 18.1 Å². The lowest BCUT2D eigenvalue weighted by Gasteiger charge is -2.13. The molecule has 2 amide bonds. The van der Waals surface area contributed by atoms with Crippen molar-refractivity contribution in [2.75, 3.05) is 17.7 Å². The maximum atomic E-state index is 12.4.